The van der Waals surface area contributed by atoms with E-state index in [1.54, 1.807) is 11.8 Å². The quantitative estimate of drug-likeness (QED) is 0.821. The second kappa shape index (κ2) is 7.69. The summed E-state index contributed by atoms with van der Waals surface area (Å²) >= 11 is 1.64. The SMILES string of the molecule is Cc1cccc(NC(=O)CSCc2ccc(C(C)(C)C)cc2)c1. The average Bonchev–Trinajstić information content (AvgIpc) is 2.47. The van der Waals surface area contributed by atoms with Crippen molar-refractivity contribution in [3.63, 3.8) is 0 Å². The van der Waals surface area contributed by atoms with E-state index in [0.29, 0.717) is 5.75 Å². The highest BCUT2D eigenvalue weighted by molar-refractivity contribution is 7.99. The van der Waals surface area contributed by atoms with Gasteiger partial charge < -0.3 is 5.32 Å². The summed E-state index contributed by atoms with van der Waals surface area (Å²) in [6.07, 6.45) is 0. The van der Waals surface area contributed by atoms with Crippen LogP contribution in [-0.4, -0.2) is 11.7 Å². The van der Waals surface area contributed by atoms with Crippen molar-refractivity contribution in [3.05, 3.63) is 65.2 Å². The minimum atomic E-state index is 0.0481. The van der Waals surface area contributed by atoms with E-state index in [2.05, 4.69) is 50.4 Å². The fraction of sp³-hybridized carbons (Fsp3) is 0.350. The van der Waals surface area contributed by atoms with Crippen LogP contribution in [0, 0.1) is 6.92 Å². The topological polar surface area (TPSA) is 29.1 Å². The fourth-order valence-corrected chi connectivity index (χ4v) is 3.07. The van der Waals surface area contributed by atoms with Crippen molar-refractivity contribution >= 4 is 23.4 Å². The molecule has 3 heteroatoms. The summed E-state index contributed by atoms with van der Waals surface area (Å²) in [4.78, 5) is 12.0. The van der Waals surface area contributed by atoms with Gasteiger partial charge in [0.25, 0.3) is 0 Å². The maximum Gasteiger partial charge on any atom is 0.234 e. The Labute approximate surface area is 143 Å². The molecule has 0 aromatic heterocycles. The van der Waals surface area contributed by atoms with Gasteiger partial charge in [-0.2, -0.15) is 0 Å². The number of rotatable bonds is 5. The summed E-state index contributed by atoms with van der Waals surface area (Å²) in [6, 6.07) is 16.6. The highest BCUT2D eigenvalue weighted by Gasteiger charge is 2.12. The molecule has 0 atom stereocenters. The van der Waals surface area contributed by atoms with E-state index in [1.807, 2.05) is 31.2 Å². The van der Waals surface area contributed by atoms with Crippen molar-refractivity contribution in [2.75, 3.05) is 11.1 Å². The van der Waals surface area contributed by atoms with E-state index in [4.69, 9.17) is 0 Å². The van der Waals surface area contributed by atoms with Crippen LogP contribution in [0.15, 0.2) is 48.5 Å². The monoisotopic (exact) mass is 327 g/mol. The summed E-state index contributed by atoms with van der Waals surface area (Å²) in [5, 5.41) is 2.94. The first kappa shape index (κ1) is 17.6. The van der Waals surface area contributed by atoms with Gasteiger partial charge in [0.1, 0.15) is 0 Å². The minimum absolute atomic E-state index is 0.0481. The van der Waals surface area contributed by atoms with Gasteiger partial charge in [0.2, 0.25) is 5.91 Å². The molecule has 1 N–H and O–H groups in total. The van der Waals surface area contributed by atoms with Crippen molar-refractivity contribution in [1.82, 2.24) is 0 Å². The molecule has 1 amide bonds. The zero-order chi connectivity index (χ0) is 16.9. The number of hydrogen-bond donors (Lipinski definition) is 1. The molecule has 0 spiro atoms. The molecule has 0 bridgehead atoms. The Hall–Kier alpha value is -1.74. The summed E-state index contributed by atoms with van der Waals surface area (Å²) in [5.41, 5.74) is 4.79. The first-order valence-corrected chi connectivity index (χ1v) is 9.04. The van der Waals surface area contributed by atoms with Crippen molar-refractivity contribution in [2.45, 2.75) is 38.9 Å². The summed E-state index contributed by atoms with van der Waals surface area (Å²) in [7, 11) is 0. The van der Waals surface area contributed by atoms with Gasteiger partial charge in [0.15, 0.2) is 0 Å². The molecule has 0 saturated heterocycles. The number of hydrogen-bond acceptors (Lipinski definition) is 2. The number of amides is 1. The van der Waals surface area contributed by atoms with E-state index >= 15 is 0 Å². The second-order valence-corrected chi connectivity index (χ2v) is 7.84. The predicted octanol–water partition coefficient (Wildman–Crippen LogP) is 5.16. The van der Waals surface area contributed by atoms with Crippen LogP contribution in [0.1, 0.15) is 37.5 Å². The number of benzene rings is 2. The summed E-state index contributed by atoms with van der Waals surface area (Å²) in [6.45, 7) is 8.66. The standard InChI is InChI=1S/C20H25NOS/c1-15-6-5-7-18(12-15)21-19(22)14-23-13-16-8-10-17(11-9-16)20(2,3)4/h5-12H,13-14H2,1-4H3,(H,21,22). The molecule has 122 valence electrons. The maximum atomic E-state index is 12.0. The first-order valence-electron chi connectivity index (χ1n) is 7.88. The third kappa shape index (κ3) is 5.76. The molecule has 23 heavy (non-hydrogen) atoms. The van der Waals surface area contributed by atoms with Gasteiger partial charge in [-0.1, -0.05) is 57.2 Å². The Morgan fingerprint density at radius 2 is 1.78 bits per heavy atom. The van der Waals surface area contributed by atoms with Crippen LogP contribution in [0.2, 0.25) is 0 Å². The third-order valence-corrected chi connectivity index (χ3v) is 4.63. The molecule has 2 rings (SSSR count). The van der Waals surface area contributed by atoms with Gasteiger partial charge in [-0.15, -0.1) is 11.8 Å². The number of carbonyl (C=O) groups excluding carboxylic acids is 1. The summed E-state index contributed by atoms with van der Waals surface area (Å²) in [5.74, 6) is 1.37. The van der Waals surface area contributed by atoms with E-state index in [1.165, 1.54) is 11.1 Å². The predicted molar refractivity (Wildman–Crippen MR) is 101 cm³/mol. The molecule has 0 saturated carbocycles. The van der Waals surface area contributed by atoms with Gasteiger partial charge in [-0.3, -0.25) is 4.79 Å². The van der Waals surface area contributed by atoms with Gasteiger partial charge in [-0.25, -0.2) is 0 Å². The Balaban J connectivity index is 1.79. The van der Waals surface area contributed by atoms with E-state index < -0.39 is 0 Å². The molecule has 2 aromatic carbocycles. The molecule has 0 aliphatic heterocycles. The lowest BCUT2D eigenvalue weighted by atomic mass is 9.87. The molecule has 0 aliphatic rings. The van der Waals surface area contributed by atoms with Gasteiger partial charge in [-0.05, 0) is 41.2 Å². The molecular formula is C20H25NOS. The number of thioether (sulfide) groups is 1. The zero-order valence-electron chi connectivity index (χ0n) is 14.3. The van der Waals surface area contributed by atoms with E-state index in [9.17, 15) is 4.79 Å². The van der Waals surface area contributed by atoms with Crippen molar-refractivity contribution in [3.8, 4) is 0 Å². The van der Waals surface area contributed by atoms with Crippen molar-refractivity contribution in [1.29, 1.82) is 0 Å². The van der Waals surface area contributed by atoms with Gasteiger partial charge in [0, 0.05) is 11.4 Å². The molecular weight excluding hydrogens is 302 g/mol. The van der Waals surface area contributed by atoms with Gasteiger partial charge >= 0.3 is 0 Å². The van der Waals surface area contributed by atoms with Crippen LogP contribution in [0.4, 0.5) is 5.69 Å². The van der Waals surface area contributed by atoms with Crippen LogP contribution in [0.5, 0.6) is 0 Å². The minimum Gasteiger partial charge on any atom is -0.325 e. The Morgan fingerprint density at radius 1 is 1.09 bits per heavy atom. The number of anilines is 1. The molecule has 0 heterocycles. The molecule has 0 fully saturated rings. The first-order chi connectivity index (χ1) is 10.8. The summed E-state index contributed by atoms with van der Waals surface area (Å²) < 4.78 is 0. The Morgan fingerprint density at radius 3 is 2.39 bits per heavy atom. The Bertz CT molecular complexity index is 656. The van der Waals surface area contributed by atoms with Crippen LogP contribution in [0.3, 0.4) is 0 Å². The highest BCUT2D eigenvalue weighted by Crippen LogP contribution is 2.23. The van der Waals surface area contributed by atoms with Crippen LogP contribution in [-0.2, 0) is 16.0 Å². The normalized spacial score (nSPS) is 11.3. The molecule has 0 aliphatic carbocycles. The average molecular weight is 327 g/mol. The third-order valence-electron chi connectivity index (χ3n) is 3.62. The number of carbonyl (C=O) groups is 1. The molecule has 2 aromatic rings. The van der Waals surface area contributed by atoms with Gasteiger partial charge in [0.05, 0.1) is 5.75 Å². The van der Waals surface area contributed by atoms with Crippen molar-refractivity contribution < 1.29 is 4.79 Å². The molecule has 2 nitrogen and oxygen atoms in total. The highest BCUT2D eigenvalue weighted by atomic mass is 32.2. The second-order valence-electron chi connectivity index (χ2n) is 6.86. The lowest BCUT2D eigenvalue weighted by molar-refractivity contribution is -0.113. The molecule has 0 unspecified atom stereocenters. The lowest BCUT2D eigenvalue weighted by Gasteiger charge is -2.19. The largest absolute Gasteiger partial charge is 0.325 e. The number of nitrogens with one attached hydrogen (secondary N) is 1. The van der Waals surface area contributed by atoms with E-state index in [0.717, 1.165) is 17.0 Å². The van der Waals surface area contributed by atoms with Crippen molar-refractivity contribution in [2.24, 2.45) is 0 Å². The Kier molecular flexibility index (Phi) is 5.89. The number of aryl methyl sites for hydroxylation is 1. The van der Waals surface area contributed by atoms with Crippen LogP contribution in [0.25, 0.3) is 0 Å². The fourth-order valence-electron chi connectivity index (χ4n) is 2.28. The smallest absolute Gasteiger partial charge is 0.234 e. The van der Waals surface area contributed by atoms with E-state index in [-0.39, 0.29) is 11.3 Å². The molecule has 0 radical (unpaired) electrons. The zero-order valence-corrected chi connectivity index (χ0v) is 15.2. The van der Waals surface area contributed by atoms with Crippen LogP contribution < -0.4 is 5.32 Å². The van der Waals surface area contributed by atoms with Crippen LogP contribution >= 0.6 is 11.8 Å². The lowest BCUT2D eigenvalue weighted by Crippen LogP contribution is -2.14. The maximum absolute atomic E-state index is 12.0.